The number of halogens is 2. The van der Waals surface area contributed by atoms with Crippen LogP contribution in [0.5, 0.6) is 0 Å². The average molecular weight is 366 g/mol. The number of thiophene rings is 1. The molecule has 100 valence electrons. The highest BCUT2D eigenvalue weighted by molar-refractivity contribution is 9.10. The predicted molar refractivity (Wildman–Crippen MR) is 89.0 cm³/mol. The lowest BCUT2D eigenvalue weighted by atomic mass is 10.0. The van der Waals surface area contributed by atoms with Crippen LogP contribution in [0.1, 0.15) is 15.9 Å². The van der Waals surface area contributed by atoms with Crippen LogP contribution in [-0.4, -0.2) is 5.78 Å². The van der Waals surface area contributed by atoms with Gasteiger partial charge in [-0.05, 0) is 40.6 Å². The Bertz CT molecular complexity index is 774. The first kappa shape index (κ1) is 13.8. The number of hydrogen-bond donors (Lipinski definition) is 0. The summed E-state index contributed by atoms with van der Waals surface area (Å²) in [5.41, 5.74) is 1.71. The van der Waals surface area contributed by atoms with Gasteiger partial charge in [-0.2, -0.15) is 0 Å². The molecule has 0 aliphatic rings. The van der Waals surface area contributed by atoms with Crippen molar-refractivity contribution in [3.05, 3.63) is 68.5 Å². The molecule has 0 N–H and O–H groups in total. The highest BCUT2D eigenvalue weighted by Gasteiger charge is 2.12. The van der Waals surface area contributed by atoms with Gasteiger partial charge >= 0.3 is 0 Å². The quantitative estimate of drug-likeness (QED) is 0.541. The van der Waals surface area contributed by atoms with Crippen LogP contribution in [0.3, 0.4) is 0 Å². The monoisotopic (exact) mass is 364 g/mol. The van der Waals surface area contributed by atoms with Gasteiger partial charge < -0.3 is 0 Å². The highest BCUT2D eigenvalue weighted by Crippen LogP contribution is 2.27. The molecule has 0 fully saturated rings. The number of hydrogen-bond acceptors (Lipinski definition) is 2. The van der Waals surface area contributed by atoms with E-state index in [0.29, 0.717) is 17.0 Å². The Labute approximate surface area is 134 Å². The van der Waals surface area contributed by atoms with E-state index >= 15 is 0 Å². The van der Waals surface area contributed by atoms with Crippen LogP contribution in [0.15, 0.2) is 52.3 Å². The van der Waals surface area contributed by atoms with E-state index in [1.807, 2.05) is 18.2 Å². The summed E-state index contributed by atoms with van der Waals surface area (Å²) in [7, 11) is 0. The van der Waals surface area contributed by atoms with Gasteiger partial charge in [-0.25, -0.2) is 0 Å². The molecule has 0 unspecified atom stereocenters. The van der Waals surface area contributed by atoms with Crippen LogP contribution in [0.4, 0.5) is 0 Å². The molecule has 0 bridgehead atoms. The average Bonchev–Trinajstić information content (AvgIpc) is 2.81. The van der Waals surface area contributed by atoms with Crippen LogP contribution < -0.4 is 0 Å². The summed E-state index contributed by atoms with van der Waals surface area (Å²) in [6.07, 6.45) is 0.400. The van der Waals surface area contributed by atoms with Gasteiger partial charge in [0.2, 0.25) is 0 Å². The summed E-state index contributed by atoms with van der Waals surface area (Å²) in [6.45, 7) is 0. The van der Waals surface area contributed by atoms with Gasteiger partial charge in [0.15, 0.2) is 5.78 Å². The minimum absolute atomic E-state index is 0.0803. The zero-order chi connectivity index (χ0) is 14.1. The molecule has 0 aliphatic carbocycles. The van der Waals surface area contributed by atoms with Crippen molar-refractivity contribution < 1.29 is 4.79 Å². The minimum atomic E-state index is 0.0803. The van der Waals surface area contributed by atoms with Crippen LogP contribution in [0.25, 0.3) is 10.1 Å². The number of ketones is 1. The Morgan fingerprint density at radius 1 is 1.20 bits per heavy atom. The molecular weight excluding hydrogens is 356 g/mol. The van der Waals surface area contributed by atoms with Crippen LogP contribution in [-0.2, 0) is 6.42 Å². The van der Waals surface area contributed by atoms with Crippen molar-refractivity contribution in [2.45, 2.75) is 6.42 Å². The van der Waals surface area contributed by atoms with Gasteiger partial charge in [-0.1, -0.05) is 45.7 Å². The van der Waals surface area contributed by atoms with E-state index < -0.39 is 0 Å². The maximum absolute atomic E-state index is 12.4. The number of carbonyl (C=O) groups excluding carboxylic acids is 1. The molecule has 1 nitrogen and oxygen atoms in total. The standard InChI is InChI=1S/C16H10BrClOS/c17-12-5-10(6-13(18)8-12)15(19)7-11-9-20-16-4-2-1-3-14(11)16/h1-6,8-9H,7H2. The number of carbonyl (C=O) groups is 1. The molecule has 2 aromatic carbocycles. The van der Waals surface area contributed by atoms with Crippen molar-refractivity contribution >= 4 is 54.7 Å². The molecule has 20 heavy (non-hydrogen) atoms. The van der Waals surface area contributed by atoms with Gasteiger partial charge in [0.25, 0.3) is 0 Å². The van der Waals surface area contributed by atoms with Crippen LogP contribution in [0, 0.1) is 0 Å². The molecule has 1 aromatic heterocycles. The third-order valence-electron chi connectivity index (χ3n) is 3.10. The van der Waals surface area contributed by atoms with E-state index in [-0.39, 0.29) is 5.78 Å². The summed E-state index contributed by atoms with van der Waals surface area (Å²) < 4.78 is 2.03. The third kappa shape index (κ3) is 2.80. The number of fused-ring (bicyclic) bond motifs is 1. The Kier molecular flexibility index (Phi) is 3.92. The van der Waals surface area contributed by atoms with Crippen molar-refractivity contribution in [2.24, 2.45) is 0 Å². The number of Topliss-reactive ketones (excluding diaryl/α,β-unsaturated/α-hetero) is 1. The molecule has 0 aliphatic heterocycles. The Morgan fingerprint density at radius 2 is 2.00 bits per heavy atom. The van der Waals surface area contributed by atoms with Gasteiger partial charge in [0, 0.05) is 26.2 Å². The summed E-state index contributed by atoms with van der Waals surface area (Å²) in [4.78, 5) is 12.4. The van der Waals surface area contributed by atoms with E-state index in [1.54, 1.807) is 23.5 Å². The molecule has 0 amide bonds. The normalized spacial score (nSPS) is 10.9. The van der Waals surface area contributed by atoms with E-state index in [9.17, 15) is 4.79 Å². The lowest BCUT2D eigenvalue weighted by molar-refractivity contribution is 0.0993. The van der Waals surface area contributed by atoms with E-state index in [4.69, 9.17) is 11.6 Å². The lowest BCUT2D eigenvalue weighted by Crippen LogP contribution is -2.03. The summed E-state index contributed by atoms with van der Waals surface area (Å²) in [6, 6.07) is 13.4. The third-order valence-corrected chi connectivity index (χ3v) is 4.79. The van der Waals surface area contributed by atoms with Gasteiger partial charge in [-0.15, -0.1) is 11.3 Å². The van der Waals surface area contributed by atoms with Gasteiger partial charge in [0.1, 0.15) is 0 Å². The molecule has 0 radical (unpaired) electrons. The summed E-state index contributed by atoms with van der Waals surface area (Å²) >= 11 is 11.0. The molecule has 0 saturated carbocycles. The summed E-state index contributed by atoms with van der Waals surface area (Å²) in [5.74, 6) is 0.0803. The SMILES string of the molecule is O=C(Cc1csc2ccccc12)c1cc(Cl)cc(Br)c1. The fourth-order valence-corrected chi connectivity index (χ4v) is 3.98. The first-order chi connectivity index (χ1) is 9.63. The highest BCUT2D eigenvalue weighted by atomic mass is 79.9. The molecule has 4 heteroatoms. The zero-order valence-corrected chi connectivity index (χ0v) is 13.6. The lowest BCUT2D eigenvalue weighted by Gasteiger charge is -2.03. The minimum Gasteiger partial charge on any atom is -0.294 e. The first-order valence-electron chi connectivity index (χ1n) is 6.08. The van der Waals surface area contributed by atoms with Crippen molar-refractivity contribution in [3.63, 3.8) is 0 Å². The Morgan fingerprint density at radius 3 is 2.80 bits per heavy atom. The topological polar surface area (TPSA) is 17.1 Å². The van der Waals surface area contributed by atoms with Crippen molar-refractivity contribution in [2.75, 3.05) is 0 Å². The second kappa shape index (κ2) is 5.68. The number of rotatable bonds is 3. The van der Waals surface area contributed by atoms with E-state index in [2.05, 4.69) is 33.4 Å². The molecule has 3 rings (SSSR count). The maximum atomic E-state index is 12.4. The Hall–Kier alpha value is -1.16. The summed E-state index contributed by atoms with van der Waals surface area (Å²) in [5, 5.41) is 3.78. The van der Waals surface area contributed by atoms with E-state index in [0.717, 1.165) is 15.4 Å². The largest absolute Gasteiger partial charge is 0.294 e. The van der Waals surface area contributed by atoms with Gasteiger partial charge in [0.05, 0.1) is 0 Å². The second-order valence-electron chi connectivity index (χ2n) is 4.52. The second-order valence-corrected chi connectivity index (χ2v) is 6.78. The van der Waals surface area contributed by atoms with Crippen molar-refractivity contribution in [1.29, 1.82) is 0 Å². The fourth-order valence-electron chi connectivity index (χ4n) is 2.16. The predicted octanol–water partition coefficient (Wildman–Crippen LogP) is 5.74. The molecule has 3 aromatic rings. The Balaban J connectivity index is 1.92. The van der Waals surface area contributed by atoms with Gasteiger partial charge in [-0.3, -0.25) is 4.79 Å². The fraction of sp³-hybridized carbons (Fsp3) is 0.0625. The molecule has 0 atom stereocenters. The smallest absolute Gasteiger partial charge is 0.167 e. The van der Waals surface area contributed by atoms with Crippen molar-refractivity contribution in [3.8, 4) is 0 Å². The first-order valence-corrected chi connectivity index (χ1v) is 8.13. The molecular formula is C16H10BrClOS. The van der Waals surface area contributed by atoms with E-state index in [1.165, 1.54) is 4.70 Å². The number of benzene rings is 2. The molecule has 0 saturated heterocycles. The maximum Gasteiger partial charge on any atom is 0.167 e. The molecule has 0 spiro atoms. The van der Waals surface area contributed by atoms with Crippen LogP contribution in [0.2, 0.25) is 5.02 Å². The zero-order valence-electron chi connectivity index (χ0n) is 10.4. The van der Waals surface area contributed by atoms with Crippen molar-refractivity contribution in [1.82, 2.24) is 0 Å². The molecule has 1 heterocycles. The van der Waals surface area contributed by atoms with Crippen LogP contribution >= 0.6 is 38.9 Å².